The van der Waals surface area contributed by atoms with Gasteiger partial charge in [-0.1, -0.05) is 0 Å². The summed E-state index contributed by atoms with van der Waals surface area (Å²) < 4.78 is 0. The Morgan fingerprint density at radius 3 is 1.90 bits per heavy atom. The zero-order valence-electron chi connectivity index (χ0n) is 5.76. The fourth-order valence-corrected chi connectivity index (χ4v) is 0.449. The molecule has 0 radical (unpaired) electrons. The summed E-state index contributed by atoms with van der Waals surface area (Å²) in [6.45, 7) is 1.36. The van der Waals surface area contributed by atoms with Gasteiger partial charge in [-0.25, -0.2) is 0 Å². The Balaban J connectivity index is 4.13. The fourth-order valence-electron chi connectivity index (χ4n) is 0.449. The van der Waals surface area contributed by atoms with E-state index in [9.17, 15) is 9.59 Å². The predicted molar refractivity (Wildman–Crippen MR) is 35.6 cm³/mol. The van der Waals surface area contributed by atoms with Gasteiger partial charge in [0.2, 0.25) is 11.8 Å². The number of carbonyl (C=O) groups is 2. The lowest BCUT2D eigenvalue weighted by Crippen LogP contribution is -2.51. The summed E-state index contributed by atoms with van der Waals surface area (Å²) in [6, 6.07) is 0. The van der Waals surface area contributed by atoms with Crippen molar-refractivity contribution in [1.29, 1.82) is 0 Å². The summed E-state index contributed by atoms with van der Waals surface area (Å²) in [6.07, 6.45) is -0.220. The standard InChI is InChI=1S/C5H11N3O2/c1-5(8,4(7)10)2-3(6)9/h2,8H2,1H3,(H2,6,9)(H2,7,10)/t5-/m1/s1. The molecule has 5 heteroatoms. The zero-order valence-corrected chi connectivity index (χ0v) is 5.76. The minimum Gasteiger partial charge on any atom is -0.370 e. The van der Waals surface area contributed by atoms with Gasteiger partial charge in [0, 0.05) is 0 Å². The molecule has 0 spiro atoms. The molecular weight excluding hydrogens is 134 g/mol. The average molecular weight is 145 g/mol. The van der Waals surface area contributed by atoms with Crippen LogP contribution in [0.5, 0.6) is 0 Å². The lowest BCUT2D eigenvalue weighted by molar-refractivity contribution is -0.127. The number of amides is 2. The lowest BCUT2D eigenvalue weighted by atomic mass is 9.99. The first-order valence-electron chi connectivity index (χ1n) is 2.73. The smallest absolute Gasteiger partial charge is 0.237 e. The van der Waals surface area contributed by atoms with Gasteiger partial charge in [-0.05, 0) is 6.92 Å². The summed E-state index contributed by atoms with van der Waals surface area (Å²) >= 11 is 0. The maximum absolute atomic E-state index is 10.4. The van der Waals surface area contributed by atoms with Crippen LogP contribution in [0, 0.1) is 0 Å². The van der Waals surface area contributed by atoms with E-state index in [-0.39, 0.29) is 6.42 Å². The molecule has 1 atom stereocenters. The van der Waals surface area contributed by atoms with Gasteiger partial charge < -0.3 is 17.2 Å². The van der Waals surface area contributed by atoms with E-state index in [1.54, 1.807) is 0 Å². The SMILES string of the molecule is C[C@@](N)(CC(N)=O)C(N)=O. The number of hydrogen-bond donors (Lipinski definition) is 3. The molecule has 0 fully saturated rings. The zero-order chi connectivity index (χ0) is 8.36. The van der Waals surface area contributed by atoms with Crippen molar-refractivity contribution in [3.63, 3.8) is 0 Å². The van der Waals surface area contributed by atoms with Gasteiger partial charge in [-0.15, -0.1) is 0 Å². The van der Waals surface area contributed by atoms with E-state index < -0.39 is 17.4 Å². The van der Waals surface area contributed by atoms with Gasteiger partial charge in [0.25, 0.3) is 0 Å². The molecule has 0 bridgehead atoms. The summed E-state index contributed by atoms with van der Waals surface area (Å²) in [5.74, 6) is -1.37. The second-order valence-electron chi connectivity index (χ2n) is 2.42. The second kappa shape index (κ2) is 2.66. The van der Waals surface area contributed by atoms with E-state index in [1.165, 1.54) is 6.92 Å². The van der Waals surface area contributed by atoms with Crippen molar-refractivity contribution in [1.82, 2.24) is 0 Å². The van der Waals surface area contributed by atoms with Crippen LogP contribution in [0.2, 0.25) is 0 Å². The number of hydrogen-bond acceptors (Lipinski definition) is 3. The van der Waals surface area contributed by atoms with Gasteiger partial charge in [-0.3, -0.25) is 9.59 Å². The van der Waals surface area contributed by atoms with Gasteiger partial charge in [0.1, 0.15) is 5.54 Å². The molecule has 0 aliphatic heterocycles. The minimum atomic E-state index is -1.31. The fraction of sp³-hybridized carbons (Fsp3) is 0.600. The van der Waals surface area contributed by atoms with Crippen molar-refractivity contribution in [2.45, 2.75) is 18.9 Å². The molecule has 0 heterocycles. The molecule has 5 nitrogen and oxygen atoms in total. The molecule has 0 aliphatic rings. The molecule has 0 aromatic rings. The highest BCUT2D eigenvalue weighted by atomic mass is 16.2. The van der Waals surface area contributed by atoms with Crippen LogP contribution in [0.3, 0.4) is 0 Å². The topological polar surface area (TPSA) is 112 Å². The van der Waals surface area contributed by atoms with Crippen LogP contribution in [-0.4, -0.2) is 17.4 Å². The first-order chi connectivity index (χ1) is 4.36. The Morgan fingerprint density at radius 1 is 1.40 bits per heavy atom. The highest BCUT2D eigenvalue weighted by Gasteiger charge is 2.27. The normalized spacial score (nSPS) is 15.8. The third-order valence-electron chi connectivity index (χ3n) is 1.10. The molecule has 0 saturated heterocycles. The van der Waals surface area contributed by atoms with Crippen LogP contribution < -0.4 is 17.2 Å². The first-order valence-corrected chi connectivity index (χ1v) is 2.73. The van der Waals surface area contributed by atoms with E-state index in [1.807, 2.05) is 0 Å². The van der Waals surface area contributed by atoms with Crippen molar-refractivity contribution in [3.05, 3.63) is 0 Å². The van der Waals surface area contributed by atoms with Crippen molar-refractivity contribution >= 4 is 11.8 Å². The van der Waals surface area contributed by atoms with Gasteiger partial charge in [-0.2, -0.15) is 0 Å². The molecule has 0 rings (SSSR count). The molecule has 0 saturated carbocycles. The molecular formula is C5H11N3O2. The van der Waals surface area contributed by atoms with E-state index in [4.69, 9.17) is 17.2 Å². The van der Waals surface area contributed by atoms with E-state index in [0.29, 0.717) is 0 Å². The molecule has 0 aliphatic carbocycles. The number of nitrogens with two attached hydrogens (primary N) is 3. The van der Waals surface area contributed by atoms with E-state index in [2.05, 4.69) is 0 Å². The Labute approximate surface area is 58.5 Å². The molecule has 6 N–H and O–H groups in total. The van der Waals surface area contributed by atoms with Crippen LogP contribution in [-0.2, 0) is 9.59 Å². The average Bonchev–Trinajstić information content (AvgIpc) is 1.60. The van der Waals surface area contributed by atoms with E-state index in [0.717, 1.165) is 0 Å². The second-order valence-corrected chi connectivity index (χ2v) is 2.42. The Bertz CT molecular complexity index is 164. The van der Waals surface area contributed by atoms with Crippen molar-refractivity contribution in [2.75, 3.05) is 0 Å². The summed E-state index contributed by atoms with van der Waals surface area (Å²) in [5.41, 5.74) is 13.6. The molecule has 0 unspecified atom stereocenters. The summed E-state index contributed by atoms with van der Waals surface area (Å²) in [4.78, 5) is 20.7. The quantitative estimate of drug-likeness (QED) is 0.429. The Morgan fingerprint density at radius 2 is 1.80 bits per heavy atom. The molecule has 2 amide bonds. The van der Waals surface area contributed by atoms with Crippen molar-refractivity contribution in [3.8, 4) is 0 Å². The van der Waals surface area contributed by atoms with Gasteiger partial charge in [0.15, 0.2) is 0 Å². The maximum atomic E-state index is 10.4. The van der Waals surface area contributed by atoms with Crippen LogP contribution in [0.15, 0.2) is 0 Å². The lowest BCUT2D eigenvalue weighted by Gasteiger charge is -2.17. The Kier molecular flexibility index (Phi) is 2.36. The van der Waals surface area contributed by atoms with E-state index >= 15 is 0 Å². The molecule has 10 heavy (non-hydrogen) atoms. The third kappa shape index (κ3) is 2.45. The maximum Gasteiger partial charge on any atom is 0.237 e. The summed E-state index contributed by atoms with van der Waals surface area (Å²) in [7, 11) is 0. The number of carbonyl (C=O) groups excluding carboxylic acids is 2. The van der Waals surface area contributed by atoms with Gasteiger partial charge >= 0.3 is 0 Å². The van der Waals surface area contributed by atoms with Crippen LogP contribution >= 0.6 is 0 Å². The molecule has 0 aromatic carbocycles. The first kappa shape index (κ1) is 8.90. The summed E-state index contributed by atoms with van der Waals surface area (Å²) in [5, 5.41) is 0. The van der Waals surface area contributed by atoms with Crippen molar-refractivity contribution in [2.24, 2.45) is 17.2 Å². The van der Waals surface area contributed by atoms with Crippen LogP contribution in [0.1, 0.15) is 13.3 Å². The van der Waals surface area contributed by atoms with Gasteiger partial charge in [0.05, 0.1) is 6.42 Å². The largest absolute Gasteiger partial charge is 0.370 e. The third-order valence-corrected chi connectivity index (χ3v) is 1.10. The molecule has 58 valence electrons. The number of rotatable bonds is 3. The highest BCUT2D eigenvalue weighted by molar-refractivity contribution is 5.89. The minimum absolute atomic E-state index is 0.220. The number of primary amides is 2. The predicted octanol–water partition coefficient (Wildman–Crippen LogP) is -1.94. The molecule has 0 aromatic heterocycles. The Hall–Kier alpha value is -1.10. The van der Waals surface area contributed by atoms with Crippen LogP contribution in [0.25, 0.3) is 0 Å². The highest BCUT2D eigenvalue weighted by Crippen LogP contribution is 2.02. The monoisotopic (exact) mass is 145 g/mol. The van der Waals surface area contributed by atoms with Crippen LogP contribution in [0.4, 0.5) is 0 Å². The van der Waals surface area contributed by atoms with Crippen molar-refractivity contribution < 1.29 is 9.59 Å².